The molecule has 0 atom stereocenters. The minimum atomic E-state index is 0.879. The van der Waals surface area contributed by atoms with Crippen LogP contribution in [-0.4, -0.2) is 32.5 Å². The van der Waals surface area contributed by atoms with Gasteiger partial charge in [0.25, 0.3) is 0 Å². The fourth-order valence-electron chi connectivity index (χ4n) is 1.44. The fourth-order valence-corrected chi connectivity index (χ4v) is 1.82. The highest BCUT2D eigenvalue weighted by atomic mass is 32.2. The topological polar surface area (TPSA) is 55.6 Å². The van der Waals surface area contributed by atoms with Gasteiger partial charge in [-0.05, 0) is 18.7 Å². The van der Waals surface area contributed by atoms with Gasteiger partial charge in [-0.1, -0.05) is 0 Å². The predicted molar refractivity (Wildman–Crippen MR) is 69.1 cm³/mol. The zero-order chi connectivity index (χ0) is 11.9. The van der Waals surface area contributed by atoms with Crippen LogP contribution in [0.15, 0.2) is 35.9 Å². The third-order valence-corrected chi connectivity index (χ3v) is 2.92. The number of nitrogens with zero attached hydrogens (tertiary/aromatic N) is 4. The fraction of sp³-hybridized carbons (Fsp3) is 0.364. The van der Waals surface area contributed by atoms with E-state index in [1.807, 2.05) is 29.3 Å². The van der Waals surface area contributed by atoms with Gasteiger partial charge in [0, 0.05) is 31.5 Å². The second-order valence-corrected chi connectivity index (χ2v) is 4.32. The maximum absolute atomic E-state index is 4.16. The van der Waals surface area contributed by atoms with Crippen LogP contribution in [0.2, 0.25) is 0 Å². The molecule has 0 aliphatic heterocycles. The molecule has 90 valence electrons. The van der Waals surface area contributed by atoms with E-state index in [2.05, 4.69) is 20.4 Å². The summed E-state index contributed by atoms with van der Waals surface area (Å²) in [7, 11) is 0. The first kappa shape index (κ1) is 11.9. The SMILES string of the molecule is CSc1cc(NCCCn2cccn2)ncn1. The molecule has 0 bridgehead atoms. The molecule has 0 aliphatic carbocycles. The number of rotatable bonds is 6. The van der Waals surface area contributed by atoms with Gasteiger partial charge in [0.05, 0.1) is 0 Å². The molecule has 2 aromatic heterocycles. The van der Waals surface area contributed by atoms with Crippen molar-refractivity contribution in [1.82, 2.24) is 19.7 Å². The van der Waals surface area contributed by atoms with Gasteiger partial charge >= 0.3 is 0 Å². The number of hydrogen-bond donors (Lipinski definition) is 1. The van der Waals surface area contributed by atoms with E-state index in [1.54, 1.807) is 24.3 Å². The number of aromatic nitrogens is 4. The number of aryl methyl sites for hydroxylation is 1. The number of nitrogens with one attached hydrogen (secondary N) is 1. The van der Waals surface area contributed by atoms with Crippen molar-refractivity contribution in [2.45, 2.75) is 18.0 Å². The molecule has 0 saturated carbocycles. The van der Waals surface area contributed by atoms with Gasteiger partial charge in [-0.3, -0.25) is 4.68 Å². The van der Waals surface area contributed by atoms with Crippen molar-refractivity contribution in [2.24, 2.45) is 0 Å². The smallest absolute Gasteiger partial charge is 0.130 e. The van der Waals surface area contributed by atoms with Crippen LogP contribution >= 0.6 is 11.8 Å². The summed E-state index contributed by atoms with van der Waals surface area (Å²) in [4.78, 5) is 8.29. The van der Waals surface area contributed by atoms with Gasteiger partial charge in [0.1, 0.15) is 17.2 Å². The minimum absolute atomic E-state index is 0.879. The Bertz CT molecular complexity index is 443. The Morgan fingerprint density at radius 3 is 3.12 bits per heavy atom. The summed E-state index contributed by atoms with van der Waals surface area (Å²) < 4.78 is 1.93. The number of hydrogen-bond acceptors (Lipinski definition) is 5. The lowest BCUT2D eigenvalue weighted by Gasteiger charge is -2.06. The Morgan fingerprint density at radius 1 is 1.41 bits per heavy atom. The van der Waals surface area contributed by atoms with Gasteiger partial charge in [-0.15, -0.1) is 11.8 Å². The molecule has 0 unspecified atom stereocenters. The molecule has 6 heteroatoms. The molecule has 2 heterocycles. The molecule has 0 saturated heterocycles. The number of thioether (sulfide) groups is 1. The highest BCUT2D eigenvalue weighted by molar-refractivity contribution is 7.98. The zero-order valence-corrected chi connectivity index (χ0v) is 10.5. The zero-order valence-electron chi connectivity index (χ0n) is 9.71. The van der Waals surface area contributed by atoms with E-state index >= 15 is 0 Å². The number of anilines is 1. The first-order valence-corrected chi connectivity index (χ1v) is 6.68. The van der Waals surface area contributed by atoms with E-state index in [0.29, 0.717) is 0 Å². The lowest BCUT2D eigenvalue weighted by atomic mass is 10.4. The molecule has 5 nitrogen and oxygen atoms in total. The van der Waals surface area contributed by atoms with Crippen LogP contribution in [0.25, 0.3) is 0 Å². The van der Waals surface area contributed by atoms with Crippen LogP contribution in [0.3, 0.4) is 0 Å². The third kappa shape index (κ3) is 3.74. The summed E-state index contributed by atoms with van der Waals surface area (Å²) >= 11 is 1.61. The van der Waals surface area contributed by atoms with Gasteiger partial charge in [-0.2, -0.15) is 5.10 Å². The molecule has 2 aromatic rings. The lowest BCUT2D eigenvalue weighted by Crippen LogP contribution is -2.08. The highest BCUT2D eigenvalue weighted by Crippen LogP contribution is 2.13. The molecule has 0 aromatic carbocycles. The average Bonchev–Trinajstić information content (AvgIpc) is 2.88. The Balaban J connectivity index is 1.74. The molecular formula is C11H15N5S. The van der Waals surface area contributed by atoms with Crippen LogP contribution in [0.4, 0.5) is 5.82 Å². The molecule has 0 radical (unpaired) electrons. The van der Waals surface area contributed by atoms with Crippen molar-refractivity contribution in [1.29, 1.82) is 0 Å². The first-order valence-electron chi connectivity index (χ1n) is 5.46. The molecular weight excluding hydrogens is 234 g/mol. The van der Waals surface area contributed by atoms with Gasteiger partial charge in [0.2, 0.25) is 0 Å². The van der Waals surface area contributed by atoms with Crippen LogP contribution < -0.4 is 5.32 Å². The average molecular weight is 249 g/mol. The largest absolute Gasteiger partial charge is 0.370 e. The van der Waals surface area contributed by atoms with E-state index in [1.165, 1.54) is 0 Å². The summed E-state index contributed by atoms with van der Waals surface area (Å²) in [6.07, 6.45) is 8.37. The Hall–Kier alpha value is -1.56. The Labute approximate surface area is 105 Å². The van der Waals surface area contributed by atoms with E-state index in [4.69, 9.17) is 0 Å². The molecule has 17 heavy (non-hydrogen) atoms. The van der Waals surface area contributed by atoms with Gasteiger partial charge in [0.15, 0.2) is 0 Å². The van der Waals surface area contributed by atoms with E-state index < -0.39 is 0 Å². The van der Waals surface area contributed by atoms with Crippen LogP contribution in [-0.2, 0) is 6.54 Å². The van der Waals surface area contributed by atoms with Gasteiger partial charge < -0.3 is 5.32 Å². The second-order valence-electron chi connectivity index (χ2n) is 3.50. The van der Waals surface area contributed by atoms with Crippen LogP contribution in [0.5, 0.6) is 0 Å². The van der Waals surface area contributed by atoms with Gasteiger partial charge in [-0.25, -0.2) is 9.97 Å². The summed E-state index contributed by atoms with van der Waals surface area (Å²) in [6.45, 7) is 1.80. The third-order valence-electron chi connectivity index (χ3n) is 2.28. The van der Waals surface area contributed by atoms with E-state index in [0.717, 1.165) is 30.4 Å². The summed E-state index contributed by atoms with van der Waals surface area (Å²) in [5, 5.41) is 8.41. The van der Waals surface area contributed by atoms with Crippen LogP contribution in [0, 0.1) is 0 Å². The van der Waals surface area contributed by atoms with Crippen molar-refractivity contribution >= 4 is 17.6 Å². The minimum Gasteiger partial charge on any atom is -0.370 e. The quantitative estimate of drug-likeness (QED) is 0.481. The first-order chi connectivity index (χ1) is 8.38. The summed E-state index contributed by atoms with van der Waals surface area (Å²) in [6, 6.07) is 3.89. The molecule has 1 N–H and O–H groups in total. The second kappa shape index (κ2) is 6.24. The highest BCUT2D eigenvalue weighted by Gasteiger charge is 1.97. The standard InChI is InChI=1S/C11H15N5S/c1-17-11-8-10(13-9-14-11)12-4-2-6-16-7-3-5-15-16/h3,5,7-9H,2,4,6H2,1H3,(H,12,13,14). The maximum Gasteiger partial charge on any atom is 0.130 e. The molecule has 0 fully saturated rings. The Morgan fingerprint density at radius 2 is 2.35 bits per heavy atom. The molecule has 2 rings (SSSR count). The van der Waals surface area contributed by atoms with E-state index in [-0.39, 0.29) is 0 Å². The lowest BCUT2D eigenvalue weighted by molar-refractivity contribution is 0.591. The van der Waals surface area contributed by atoms with Crippen molar-refractivity contribution < 1.29 is 0 Å². The van der Waals surface area contributed by atoms with Crippen molar-refractivity contribution in [3.8, 4) is 0 Å². The Kier molecular flexibility index (Phi) is 4.37. The maximum atomic E-state index is 4.16. The normalized spacial score (nSPS) is 10.4. The van der Waals surface area contributed by atoms with Crippen molar-refractivity contribution in [2.75, 3.05) is 18.1 Å². The van der Waals surface area contributed by atoms with Crippen molar-refractivity contribution in [3.05, 3.63) is 30.9 Å². The van der Waals surface area contributed by atoms with Crippen molar-refractivity contribution in [3.63, 3.8) is 0 Å². The predicted octanol–water partition coefficient (Wildman–Crippen LogP) is 1.90. The monoisotopic (exact) mass is 249 g/mol. The molecule has 0 spiro atoms. The van der Waals surface area contributed by atoms with Crippen LogP contribution in [0.1, 0.15) is 6.42 Å². The molecule has 0 amide bonds. The van der Waals surface area contributed by atoms with E-state index in [9.17, 15) is 0 Å². The summed E-state index contributed by atoms with van der Waals surface area (Å²) in [5.41, 5.74) is 0. The summed E-state index contributed by atoms with van der Waals surface area (Å²) in [5.74, 6) is 0.879. The molecule has 0 aliphatic rings.